The number of benzene rings is 1. The third kappa shape index (κ3) is 3.51. The van der Waals surface area contributed by atoms with Gasteiger partial charge < -0.3 is 20.2 Å². The molecular formula is C15H19NO4. The summed E-state index contributed by atoms with van der Waals surface area (Å²) in [6, 6.07) is 4.24. The van der Waals surface area contributed by atoms with E-state index in [4.69, 9.17) is 5.11 Å². The van der Waals surface area contributed by atoms with Gasteiger partial charge in [-0.2, -0.15) is 0 Å². The van der Waals surface area contributed by atoms with Crippen LogP contribution in [0.3, 0.4) is 0 Å². The maximum Gasteiger partial charge on any atom is 0.246 e. The molecule has 1 aromatic rings. The minimum absolute atomic E-state index is 0.0166. The van der Waals surface area contributed by atoms with E-state index >= 15 is 0 Å². The lowest BCUT2D eigenvalue weighted by Crippen LogP contribution is -2.38. The molecule has 1 aromatic carbocycles. The highest BCUT2D eigenvalue weighted by Gasteiger charge is 2.20. The van der Waals surface area contributed by atoms with Gasteiger partial charge in [0.15, 0.2) is 0 Å². The Labute approximate surface area is 117 Å². The van der Waals surface area contributed by atoms with Gasteiger partial charge in [0.05, 0.1) is 0 Å². The summed E-state index contributed by atoms with van der Waals surface area (Å²) in [6.07, 6.45) is 4.60. The second-order valence-electron chi connectivity index (χ2n) is 5.03. The first-order valence-corrected chi connectivity index (χ1v) is 6.70. The van der Waals surface area contributed by atoms with Crippen LogP contribution < -0.4 is 0 Å². The maximum atomic E-state index is 12.0. The van der Waals surface area contributed by atoms with E-state index in [9.17, 15) is 15.0 Å². The lowest BCUT2D eigenvalue weighted by molar-refractivity contribution is -0.127. The Kier molecular flexibility index (Phi) is 4.63. The fraction of sp³-hybridized carbons (Fsp3) is 0.400. The summed E-state index contributed by atoms with van der Waals surface area (Å²) in [4.78, 5) is 13.7. The summed E-state index contributed by atoms with van der Waals surface area (Å²) in [7, 11) is 0. The molecule has 1 heterocycles. The predicted molar refractivity (Wildman–Crippen MR) is 75.2 cm³/mol. The molecule has 1 amide bonds. The summed E-state index contributed by atoms with van der Waals surface area (Å²) in [5.41, 5.74) is 0.487. The van der Waals surface area contributed by atoms with Gasteiger partial charge in [-0.05, 0) is 37.0 Å². The first-order valence-electron chi connectivity index (χ1n) is 6.70. The van der Waals surface area contributed by atoms with Gasteiger partial charge >= 0.3 is 0 Å². The standard InChI is InChI=1S/C15H19NO4/c17-10-11-5-7-16(8-6-11)15(20)4-2-12-1-3-13(18)9-14(12)19/h1-4,9,11,17-19H,5-8,10H2/b4-2+. The first kappa shape index (κ1) is 14.4. The minimum Gasteiger partial charge on any atom is -0.508 e. The molecule has 0 bridgehead atoms. The number of hydrogen-bond acceptors (Lipinski definition) is 4. The van der Waals surface area contributed by atoms with Gasteiger partial charge in [0.1, 0.15) is 11.5 Å². The molecule has 0 spiro atoms. The lowest BCUT2D eigenvalue weighted by atomic mass is 9.98. The predicted octanol–water partition coefficient (Wildman–Crippen LogP) is 1.34. The zero-order valence-electron chi connectivity index (χ0n) is 11.2. The minimum atomic E-state index is -0.103. The molecule has 5 nitrogen and oxygen atoms in total. The van der Waals surface area contributed by atoms with Crippen molar-refractivity contribution < 1.29 is 20.1 Å². The number of phenols is 2. The summed E-state index contributed by atoms with van der Waals surface area (Å²) < 4.78 is 0. The average Bonchev–Trinajstić information content (AvgIpc) is 2.46. The fourth-order valence-electron chi connectivity index (χ4n) is 2.28. The van der Waals surface area contributed by atoms with Crippen molar-refractivity contribution in [1.29, 1.82) is 0 Å². The van der Waals surface area contributed by atoms with Gasteiger partial charge in [-0.15, -0.1) is 0 Å². The molecule has 0 unspecified atom stereocenters. The van der Waals surface area contributed by atoms with E-state index < -0.39 is 0 Å². The van der Waals surface area contributed by atoms with Crippen LogP contribution in [0, 0.1) is 5.92 Å². The SMILES string of the molecule is O=C(/C=C/c1ccc(O)cc1O)N1CCC(CO)CC1. The van der Waals surface area contributed by atoms with Crippen molar-refractivity contribution in [1.82, 2.24) is 4.90 Å². The Balaban J connectivity index is 1.96. The highest BCUT2D eigenvalue weighted by molar-refractivity contribution is 5.92. The van der Waals surface area contributed by atoms with Crippen molar-refractivity contribution in [3.63, 3.8) is 0 Å². The van der Waals surface area contributed by atoms with Gasteiger partial charge in [0.25, 0.3) is 0 Å². The molecule has 1 saturated heterocycles. The van der Waals surface area contributed by atoms with Crippen molar-refractivity contribution in [2.75, 3.05) is 19.7 Å². The second kappa shape index (κ2) is 6.43. The Morgan fingerprint density at radius 3 is 2.60 bits per heavy atom. The molecule has 1 aliphatic rings. The van der Waals surface area contributed by atoms with Crippen molar-refractivity contribution in [2.24, 2.45) is 5.92 Å². The number of aliphatic hydroxyl groups excluding tert-OH is 1. The Hall–Kier alpha value is -2.01. The van der Waals surface area contributed by atoms with Gasteiger partial charge in [0.2, 0.25) is 5.91 Å². The molecule has 3 N–H and O–H groups in total. The normalized spacial score (nSPS) is 16.8. The number of nitrogens with zero attached hydrogens (tertiary/aromatic N) is 1. The number of carbonyl (C=O) groups excluding carboxylic acids is 1. The van der Waals surface area contributed by atoms with Crippen molar-refractivity contribution in [2.45, 2.75) is 12.8 Å². The Bertz CT molecular complexity index is 505. The quantitative estimate of drug-likeness (QED) is 0.728. The Morgan fingerprint density at radius 2 is 2.00 bits per heavy atom. The molecule has 20 heavy (non-hydrogen) atoms. The molecule has 1 aliphatic heterocycles. The third-order valence-corrected chi connectivity index (χ3v) is 3.60. The van der Waals surface area contributed by atoms with Crippen LogP contribution in [-0.4, -0.2) is 45.8 Å². The van der Waals surface area contributed by atoms with Gasteiger partial charge in [-0.1, -0.05) is 0 Å². The monoisotopic (exact) mass is 277 g/mol. The zero-order valence-corrected chi connectivity index (χ0v) is 11.2. The second-order valence-corrected chi connectivity index (χ2v) is 5.03. The molecular weight excluding hydrogens is 258 g/mol. The molecule has 1 fully saturated rings. The molecule has 5 heteroatoms. The zero-order chi connectivity index (χ0) is 14.5. The van der Waals surface area contributed by atoms with Crippen LogP contribution in [-0.2, 0) is 4.79 Å². The van der Waals surface area contributed by atoms with Crippen molar-refractivity contribution in [3.05, 3.63) is 29.8 Å². The van der Waals surface area contributed by atoms with Crippen LogP contribution in [0.1, 0.15) is 18.4 Å². The topological polar surface area (TPSA) is 81.0 Å². The Morgan fingerprint density at radius 1 is 1.30 bits per heavy atom. The van der Waals surface area contributed by atoms with Gasteiger partial charge in [0, 0.05) is 37.4 Å². The molecule has 0 atom stereocenters. The molecule has 108 valence electrons. The number of carbonyl (C=O) groups is 1. The smallest absolute Gasteiger partial charge is 0.246 e. The largest absolute Gasteiger partial charge is 0.508 e. The van der Waals surface area contributed by atoms with Gasteiger partial charge in [-0.3, -0.25) is 4.79 Å². The van der Waals surface area contributed by atoms with Crippen LogP contribution in [0.4, 0.5) is 0 Å². The number of aliphatic hydroxyl groups is 1. The number of phenolic OH excluding ortho intramolecular Hbond substituents is 2. The van der Waals surface area contributed by atoms with Crippen molar-refractivity contribution >= 4 is 12.0 Å². The van der Waals surface area contributed by atoms with E-state index in [0.717, 1.165) is 12.8 Å². The van der Waals surface area contributed by atoms with E-state index in [2.05, 4.69) is 0 Å². The summed E-state index contributed by atoms with van der Waals surface area (Å²) in [6.45, 7) is 1.48. The summed E-state index contributed by atoms with van der Waals surface area (Å²) >= 11 is 0. The highest BCUT2D eigenvalue weighted by atomic mass is 16.3. The van der Waals surface area contributed by atoms with Crippen LogP contribution >= 0.6 is 0 Å². The van der Waals surface area contributed by atoms with Crippen molar-refractivity contribution in [3.8, 4) is 11.5 Å². The summed E-state index contributed by atoms with van der Waals surface area (Å²) in [5.74, 6) is 0.114. The third-order valence-electron chi connectivity index (χ3n) is 3.60. The first-order chi connectivity index (χ1) is 9.60. The number of amides is 1. The van der Waals surface area contributed by atoms with E-state index in [0.29, 0.717) is 24.6 Å². The highest BCUT2D eigenvalue weighted by Crippen LogP contribution is 2.24. The summed E-state index contributed by atoms with van der Waals surface area (Å²) in [5, 5.41) is 27.9. The molecule has 0 aromatic heterocycles. The molecule has 0 aliphatic carbocycles. The average molecular weight is 277 g/mol. The molecule has 0 radical (unpaired) electrons. The van der Waals surface area contributed by atoms with Crippen LogP contribution in [0.5, 0.6) is 11.5 Å². The van der Waals surface area contributed by atoms with E-state index in [1.165, 1.54) is 24.3 Å². The number of piperidine rings is 1. The maximum absolute atomic E-state index is 12.0. The molecule has 2 rings (SSSR count). The van der Waals surface area contributed by atoms with Crippen LogP contribution in [0.25, 0.3) is 6.08 Å². The van der Waals surface area contributed by atoms with Crippen LogP contribution in [0.15, 0.2) is 24.3 Å². The number of hydrogen-bond donors (Lipinski definition) is 3. The van der Waals surface area contributed by atoms with E-state index in [1.54, 1.807) is 11.0 Å². The number of aromatic hydroxyl groups is 2. The molecule has 0 saturated carbocycles. The fourth-order valence-corrected chi connectivity index (χ4v) is 2.28. The number of likely N-dealkylation sites (tertiary alicyclic amines) is 1. The van der Waals surface area contributed by atoms with E-state index in [1.807, 2.05) is 0 Å². The van der Waals surface area contributed by atoms with Crippen LogP contribution in [0.2, 0.25) is 0 Å². The van der Waals surface area contributed by atoms with E-state index in [-0.39, 0.29) is 24.0 Å². The van der Waals surface area contributed by atoms with Gasteiger partial charge in [-0.25, -0.2) is 0 Å². The lowest BCUT2D eigenvalue weighted by Gasteiger charge is -2.30. The number of rotatable bonds is 3.